The average molecular weight is 196 g/mol. The minimum Gasteiger partial charge on any atom is -0.496 e. The SMILES string of the molecule is COc1ccc(OC)c2c1COC2O. The molecule has 1 aromatic rings. The van der Waals surface area contributed by atoms with Crippen molar-refractivity contribution in [3.63, 3.8) is 0 Å². The second kappa shape index (κ2) is 3.48. The molecule has 1 aliphatic rings. The van der Waals surface area contributed by atoms with Crippen LogP contribution in [-0.4, -0.2) is 19.3 Å². The van der Waals surface area contributed by atoms with E-state index >= 15 is 0 Å². The molecule has 1 N–H and O–H groups in total. The molecule has 0 bridgehead atoms. The largest absolute Gasteiger partial charge is 0.496 e. The van der Waals surface area contributed by atoms with Gasteiger partial charge in [-0.05, 0) is 12.1 Å². The highest BCUT2D eigenvalue weighted by atomic mass is 16.6. The summed E-state index contributed by atoms with van der Waals surface area (Å²) in [4.78, 5) is 0. The number of benzene rings is 1. The van der Waals surface area contributed by atoms with Crippen molar-refractivity contribution in [2.45, 2.75) is 12.9 Å². The van der Waals surface area contributed by atoms with Crippen LogP contribution in [0, 0.1) is 0 Å². The fourth-order valence-electron chi connectivity index (χ4n) is 1.66. The normalized spacial score (nSPS) is 19.2. The molecule has 1 atom stereocenters. The Morgan fingerprint density at radius 2 is 1.93 bits per heavy atom. The van der Waals surface area contributed by atoms with Gasteiger partial charge in [-0.1, -0.05) is 0 Å². The fourth-order valence-corrected chi connectivity index (χ4v) is 1.66. The highest BCUT2D eigenvalue weighted by molar-refractivity contribution is 5.50. The van der Waals surface area contributed by atoms with Gasteiger partial charge in [0.2, 0.25) is 0 Å². The van der Waals surface area contributed by atoms with Crippen LogP contribution in [0.2, 0.25) is 0 Å². The van der Waals surface area contributed by atoms with E-state index in [9.17, 15) is 5.11 Å². The zero-order chi connectivity index (χ0) is 10.1. The molecule has 0 aromatic heterocycles. The van der Waals surface area contributed by atoms with Crippen LogP contribution in [0.15, 0.2) is 12.1 Å². The molecule has 76 valence electrons. The molecule has 2 rings (SSSR count). The summed E-state index contributed by atoms with van der Waals surface area (Å²) in [5, 5.41) is 9.56. The fraction of sp³-hybridized carbons (Fsp3) is 0.400. The molecule has 1 heterocycles. The lowest BCUT2D eigenvalue weighted by molar-refractivity contribution is -0.0926. The zero-order valence-electron chi connectivity index (χ0n) is 8.11. The minimum absolute atomic E-state index is 0.358. The Labute approximate surface area is 82.0 Å². The van der Waals surface area contributed by atoms with Crippen molar-refractivity contribution in [3.8, 4) is 11.5 Å². The van der Waals surface area contributed by atoms with Crippen molar-refractivity contribution in [2.24, 2.45) is 0 Å². The zero-order valence-corrected chi connectivity index (χ0v) is 8.11. The van der Waals surface area contributed by atoms with E-state index in [1.807, 2.05) is 0 Å². The minimum atomic E-state index is -0.907. The lowest BCUT2D eigenvalue weighted by atomic mass is 10.1. The summed E-state index contributed by atoms with van der Waals surface area (Å²) >= 11 is 0. The van der Waals surface area contributed by atoms with Crippen LogP contribution in [0.4, 0.5) is 0 Å². The van der Waals surface area contributed by atoms with Crippen LogP contribution in [0.3, 0.4) is 0 Å². The first-order chi connectivity index (χ1) is 6.77. The van der Waals surface area contributed by atoms with Gasteiger partial charge in [-0.3, -0.25) is 0 Å². The summed E-state index contributed by atoms with van der Waals surface area (Å²) in [6, 6.07) is 3.56. The molecule has 0 saturated heterocycles. The van der Waals surface area contributed by atoms with E-state index in [1.54, 1.807) is 26.4 Å². The molecule has 0 fully saturated rings. The van der Waals surface area contributed by atoms with E-state index in [-0.39, 0.29) is 0 Å². The highest BCUT2D eigenvalue weighted by Gasteiger charge is 2.28. The maximum Gasteiger partial charge on any atom is 0.185 e. The van der Waals surface area contributed by atoms with Crippen LogP contribution >= 0.6 is 0 Å². The summed E-state index contributed by atoms with van der Waals surface area (Å²) < 4.78 is 15.4. The molecule has 0 aliphatic carbocycles. The Bertz CT molecular complexity index is 348. The first kappa shape index (κ1) is 9.30. The molecule has 0 amide bonds. The van der Waals surface area contributed by atoms with Crippen LogP contribution in [0.25, 0.3) is 0 Å². The quantitative estimate of drug-likeness (QED) is 0.772. The number of rotatable bonds is 2. The molecule has 1 aliphatic heterocycles. The summed E-state index contributed by atoms with van der Waals surface area (Å²) in [5.74, 6) is 1.35. The van der Waals surface area contributed by atoms with E-state index in [2.05, 4.69) is 0 Å². The van der Waals surface area contributed by atoms with E-state index < -0.39 is 6.29 Å². The van der Waals surface area contributed by atoms with Gasteiger partial charge in [0.05, 0.1) is 26.4 Å². The van der Waals surface area contributed by atoms with E-state index in [0.29, 0.717) is 17.9 Å². The monoisotopic (exact) mass is 196 g/mol. The van der Waals surface area contributed by atoms with Crippen LogP contribution in [0.1, 0.15) is 17.4 Å². The average Bonchev–Trinajstić information content (AvgIpc) is 2.60. The van der Waals surface area contributed by atoms with Gasteiger partial charge in [-0.15, -0.1) is 0 Å². The number of aliphatic hydroxyl groups is 1. The van der Waals surface area contributed by atoms with Crippen LogP contribution in [-0.2, 0) is 11.3 Å². The molecular formula is C10H12O4. The van der Waals surface area contributed by atoms with Gasteiger partial charge in [-0.25, -0.2) is 0 Å². The van der Waals surface area contributed by atoms with Crippen molar-refractivity contribution in [2.75, 3.05) is 14.2 Å². The molecule has 0 spiro atoms. The molecule has 14 heavy (non-hydrogen) atoms. The van der Waals surface area contributed by atoms with Crippen molar-refractivity contribution in [1.82, 2.24) is 0 Å². The Balaban J connectivity index is 2.56. The topological polar surface area (TPSA) is 47.9 Å². The second-order valence-electron chi connectivity index (χ2n) is 3.03. The molecule has 0 saturated carbocycles. The maximum absolute atomic E-state index is 9.56. The molecule has 1 aromatic carbocycles. The number of fused-ring (bicyclic) bond motifs is 1. The predicted octanol–water partition coefficient (Wildman–Crippen LogP) is 1.22. The predicted molar refractivity (Wildman–Crippen MR) is 49.3 cm³/mol. The van der Waals surface area contributed by atoms with Crippen molar-refractivity contribution in [3.05, 3.63) is 23.3 Å². The molecule has 0 radical (unpaired) electrons. The Morgan fingerprint density at radius 1 is 1.29 bits per heavy atom. The number of methoxy groups -OCH3 is 2. The van der Waals surface area contributed by atoms with Gasteiger partial charge < -0.3 is 19.3 Å². The van der Waals surface area contributed by atoms with Gasteiger partial charge in [0.1, 0.15) is 11.5 Å². The van der Waals surface area contributed by atoms with E-state index in [4.69, 9.17) is 14.2 Å². The highest BCUT2D eigenvalue weighted by Crippen LogP contribution is 2.40. The first-order valence-corrected chi connectivity index (χ1v) is 4.31. The first-order valence-electron chi connectivity index (χ1n) is 4.31. The van der Waals surface area contributed by atoms with Crippen molar-refractivity contribution in [1.29, 1.82) is 0 Å². The van der Waals surface area contributed by atoms with Gasteiger partial charge in [0.15, 0.2) is 6.29 Å². The Kier molecular flexibility index (Phi) is 2.31. The summed E-state index contributed by atoms with van der Waals surface area (Å²) in [6.07, 6.45) is -0.907. The Hall–Kier alpha value is -1.26. The lowest BCUT2D eigenvalue weighted by Crippen LogP contribution is -1.98. The van der Waals surface area contributed by atoms with Gasteiger partial charge in [0.25, 0.3) is 0 Å². The van der Waals surface area contributed by atoms with Gasteiger partial charge in [0, 0.05) is 5.56 Å². The van der Waals surface area contributed by atoms with Gasteiger partial charge >= 0.3 is 0 Å². The van der Waals surface area contributed by atoms with Crippen molar-refractivity contribution < 1.29 is 19.3 Å². The smallest absolute Gasteiger partial charge is 0.185 e. The molecule has 4 nitrogen and oxygen atoms in total. The molecule has 4 heteroatoms. The second-order valence-corrected chi connectivity index (χ2v) is 3.03. The standard InChI is InChI=1S/C10H12O4/c1-12-7-3-4-8(13-2)9-6(7)5-14-10(9)11/h3-4,10-11H,5H2,1-2H3. The summed E-state index contributed by atoms with van der Waals surface area (Å²) in [5.41, 5.74) is 1.53. The third-order valence-electron chi connectivity index (χ3n) is 2.35. The summed E-state index contributed by atoms with van der Waals surface area (Å²) in [6.45, 7) is 0.358. The molecule has 1 unspecified atom stereocenters. The maximum atomic E-state index is 9.56. The number of hydrogen-bond acceptors (Lipinski definition) is 4. The van der Waals surface area contributed by atoms with Crippen LogP contribution in [0.5, 0.6) is 11.5 Å². The van der Waals surface area contributed by atoms with E-state index in [1.165, 1.54) is 0 Å². The Morgan fingerprint density at radius 3 is 2.57 bits per heavy atom. The number of hydrogen-bond donors (Lipinski definition) is 1. The van der Waals surface area contributed by atoms with E-state index in [0.717, 1.165) is 11.3 Å². The third-order valence-corrected chi connectivity index (χ3v) is 2.35. The number of aliphatic hydroxyl groups excluding tert-OH is 1. The van der Waals surface area contributed by atoms with Crippen molar-refractivity contribution >= 4 is 0 Å². The van der Waals surface area contributed by atoms with Gasteiger partial charge in [-0.2, -0.15) is 0 Å². The molecular weight excluding hydrogens is 184 g/mol. The van der Waals surface area contributed by atoms with Crippen LogP contribution < -0.4 is 9.47 Å². The third kappa shape index (κ3) is 1.23. The number of ether oxygens (including phenoxy) is 3. The summed E-state index contributed by atoms with van der Waals surface area (Å²) in [7, 11) is 3.15. The lowest BCUT2D eigenvalue weighted by Gasteiger charge is -2.11.